The van der Waals surface area contributed by atoms with E-state index < -0.39 is 0 Å². The van der Waals surface area contributed by atoms with Crippen LogP contribution in [0.3, 0.4) is 0 Å². The van der Waals surface area contributed by atoms with Gasteiger partial charge < -0.3 is 18.8 Å². The summed E-state index contributed by atoms with van der Waals surface area (Å²) in [5.41, 5.74) is -0.271. The summed E-state index contributed by atoms with van der Waals surface area (Å²) in [6, 6.07) is 4.13. The summed E-state index contributed by atoms with van der Waals surface area (Å²) in [5, 5.41) is 0. The van der Waals surface area contributed by atoms with E-state index in [9.17, 15) is 4.79 Å². The molecule has 1 aromatic heterocycles. The van der Waals surface area contributed by atoms with Crippen LogP contribution in [0.1, 0.15) is 49.7 Å². The maximum absolute atomic E-state index is 11.6. The number of carbonyl (C=O) groups is 1. The van der Waals surface area contributed by atoms with Gasteiger partial charge in [0.25, 0.3) is 0 Å². The molecule has 1 atom stereocenters. The van der Waals surface area contributed by atoms with Crippen molar-refractivity contribution in [3.63, 3.8) is 0 Å². The molecule has 0 saturated carbocycles. The first-order valence-corrected chi connectivity index (χ1v) is 9.00. The summed E-state index contributed by atoms with van der Waals surface area (Å²) >= 11 is 0. The Bertz CT molecular complexity index is 586. The van der Waals surface area contributed by atoms with Crippen LogP contribution >= 0.6 is 0 Å². The van der Waals surface area contributed by atoms with Gasteiger partial charge in [-0.3, -0.25) is 4.90 Å². The number of hydrogen-bond acceptors (Lipinski definition) is 5. The van der Waals surface area contributed by atoms with Crippen molar-refractivity contribution in [1.82, 2.24) is 9.80 Å². The number of hydrogen-bond donors (Lipinski definition) is 0. The summed E-state index contributed by atoms with van der Waals surface area (Å²) in [6.07, 6.45) is 5.14. The van der Waals surface area contributed by atoms with Crippen LogP contribution in [0, 0.1) is 0 Å². The third-order valence-corrected chi connectivity index (χ3v) is 5.47. The third-order valence-electron chi connectivity index (χ3n) is 5.47. The SMILES string of the molecule is CN1CC2(CCN(Cc3ccc(C4CCCCO4)o3)CC2)OC1=O. The van der Waals surface area contributed by atoms with Crippen molar-refractivity contribution in [2.24, 2.45) is 0 Å². The van der Waals surface area contributed by atoms with E-state index in [0.29, 0.717) is 6.54 Å². The van der Waals surface area contributed by atoms with Crippen LogP contribution in [0.5, 0.6) is 0 Å². The van der Waals surface area contributed by atoms with Crippen molar-refractivity contribution >= 4 is 6.09 Å². The third kappa shape index (κ3) is 3.17. The second-order valence-electron chi connectivity index (χ2n) is 7.34. The monoisotopic (exact) mass is 334 g/mol. The molecule has 1 spiro atoms. The molecule has 1 amide bonds. The Morgan fingerprint density at radius 3 is 2.75 bits per heavy atom. The zero-order chi connectivity index (χ0) is 16.6. The number of carbonyl (C=O) groups excluding carboxylic acids is 1. The summed E-state index contributed by atoms with van der Waals surface area (Å²) in [4.78, 5) is 15.7. The Labute approximate surface area is 142 Å². The van der Waals surface area contributed by atoms with Crippen LogP contribution in [0.4, 0.5) is 4.79 Å². The first-order valence-electron chi connectivity index (χ1n) is 9.00. The van der Waals surface area contributed by atoms with E-state index in [0.717, 1.165) is 63.4 Å². The average molecular weight is 334 g/mol. The summed E-state index contributed by atoms with van der Waals surface area (Å²) < 4.78 is 17.4. The van der Waals surface area contributed by atoms with E-state index in [1.54, 1.807) is 11.9 Å². The largest absolute Gasteiger partial charge is 0.462 e. The summed E-state index contributed by atoms with van der Waals surface area (Å²) in [5.74, 6) is 1.96. The van der Waals surface area contributed by atoms with Gasteiger partial charge in [-0.25, -0.2) is 4.79 Å². The molecule has 4 heterocycles. The number of furan rings is 1. The van der Waals surface area contributed by atoms with Gasteiger partial charge >= 0.3 is 6.09 Å². The average Bonchev–Trinajstić information content (AvgIpc) is 3.16. The normalized spacial score (nSPS) is 27.6. The molecule has 3 aliphatic heterocycles. The van der Waals surface area contributed by atoms with E-state index in [4.69, 9.17) is 13.9 Å². The lowest BCUT2D eigenvalue weighted by atomic mass is 9.91. The highest BCUT2D eigenvalue weighted by atomic mass is 16.6. The van der Waals surface area contributed by atoms with Crippen LogP contribution in [-0.2, 0) is 16.0 Å². The minimum atomic E-state index is -0.271. The Morgan fingerprint density at radius 1 is 1.25 bits per heavy atom. The zero-order valence-electron chi connectivity index (χ0n) is 14.3. The molecule has 0 radical (unpaired) electrons. The predicted octanol–water partition coefficient (Wildman–Crippen LogP) is 2.94. The second-order valence-corrected chi connectivity index (χ2v) is 7.34. The first kappa shape index (κ1) is 16.0. The van der Waals surface area contributed by atoms with Gasteiger partial charge in [0.15, 0.2) is 0 Å². The van der Waals surface area contributed by atoms with Crippen molar-refractivity contribution in [1.29, 1.82) is 0 Å². The lowest BCUT2D eigenvalue weighted by molar-refractivity contribution is -0.00605. The van der Waals surface area contributed by atoms with Gasteiger partial charge in [0.2, 0.25) is 0 Å². The van der Waals surface area contributed by atoms with Gasteiger partial charge in [-0.05, 0) is 31.4 Å². The Kier molecular flexibility index (Phi) is 4.26. The fraction of sp³-hybridized carbons (Fsp3) is 0.722. The van der Waals surface area contributed by atoms with Crippen molar-refractivity contribution in [2.75, 3.05) is 33.3 Å². The van der Waals surface area contributed by atoms with E-state index in [1.165, 1.54) is 6.42 Å². The minimum Gasteiger partial charge on any atom is -0.462 e. The van der Waals surface area contributed by atoms with Crippen LogP contribution in [-0.4, -0.2) is 54.8 Å². The van der Waals surface area contributed by atoms with Crippen LogP contribution in [0.15, 0.2) is 16.5 Å². The summed E-state index contributed by atoms with van der Waals surface area (Å²) in [6.45, 7) is 4.21. The second kappa shape index (κ2) is 6.41. The fourth-order valence-corrected chi connectivity index (χ4v) is 4.01. The molecule has 0 N–H and O–H groups in total. The fourth-order valence-electron chi connectivity index (χ4n) is 4.01. The van der Waals surface area contributed by atoms with E-state index in [1.807, 2.05) is 0 Å². The van der Waals surface area contributed by atoms with Crippen LogP contribution in [0.25, 0.3) is 0 Å². The van der Waals surface area contributed by atoms with Crippen LogP contribution in [0.2, 0.25) is 0 Å². The number of amides is 1. The molecule has 0 aromatic carbocycles. The molecule has 6 heteroatoms. The number of likely N-dealkylation sites (N-methyl/N-ethyl adjacent to an activating group) is 1. The molecule has 0 bridgehead atoms. The Balaban J connectivity index is 1.31. The molecular formula is C18H26N2O4. The van der Waals surface area contributed by atoms with Gasteiger partial charge in [-0.2, -0.15) is 0 Å². The van der Waals surface area contributed by atoms with Gasteiger partial charge in [0.1, 0.15) is 23.2 Å². The van der Waals surface area contributed by atoms with E-state index in [-0.39, 0.29) is 17.8 Å². The lowest BCUT2D eigenvalue weighted by Gasteiger charge is -2.36. The maximum atomic E-state index is 11.6. The Hall–Kier alpha value is -1.53. The van der Waals surface area contributed by atoms with Crippen molar-refractivity contribution in [3.8, 4) is 0 Å². The molecule has 1 aromatic rings. The molecule has 24 heavy (non-hydrogen) atoms. The molecule has 6 nitrogen and oxygen atoms in total. The number of piperidine rings is 1. The smallest absolute Gasteiger partial charge is 0.410 e. The molecule has 3 fully saturated rings. The van der Waals surface area contributed by atoms with Gasteiger partial charge in [0, 0.05) is 39.6 Å². The minimum absolute atomic E-state index is 0.130. The molecule has 1 unspecified atom stereocenters. The lowest BCUT2D eigenvalue weighted by Crippen LogP contribution is -2.46. The molecule has 3 saturated heterocycles. The zero-order valence-corrected chi connectivity index (χ0v) is 14.3. The van der Waals surface area contributed by atoms with Gasteiger partial charge in [-0.15, -0.1) is 0 Å². The predicted molar refractivity (Wildman–Crippen MR) is 87.6 cm³/mol. The van der Waals surface area contributed by atoms with E-state index in [2.05, 4.69) is 17.0 Å². The van der Waals surface area contributed by atoms with Crippen molar-refractivity contribution in [2.45, 2.75) is 50.4 Å². The molecular weight excluding hydrogens is 308 g/mol. The number of ether oxygens (including phenoxy) is 2. The van der Waals surface area contributed by atoms with Crippen molar-refractivity contribution < 1.29 is 18.7 Å². The number of rotatable bonds is 3. The van der Waals surface area contributed by atoms with Crippen LogP contribution < -0.4 is 0 Å². The molecule has 0 aliphatic carbocycles. The highest BCUT2D eigenvalue weighted by Crippen LogP contribution is 2.34. The number of nitrogens with zero attached hydrogens (tertiary/aromatic N) is 2. The molecule has 4 rings (SSSR count). The topological polar surface area (TPSA) is 55.1 Å². The maximum Gasteiger partial charge on any atom is 0.410 e. The van der Waals surface area contributed by atoms with Gasteiger partial charge in [0.05, 0.1) is 13.1 Å². The quantitative estimate of drug-likeness (QED) is 0.851. The highest BCUT2D eigenvalue weighted by molar-refractivity contribution is 5.70. The molecule has 132 valence electrons. The standard InChI is InChI=1S/C18H26N2O4/c1-19-13-18(24-17(19)21)7-9-20(10-8-18)12-14-5-6-16(23-14)15-4-2-3-11-22-15/h5-6,15H,2-4,7-13H2,1H3. The van der Waals surface area contributed by atoms with Gasteiger partial charge in [-0.1, -0.05) is 0 Å². The van der Waals surface area contributed by atoms with E-state index >= 15 is 0 Å². The Morgan fingerprint density at radius 2 is 2.08 bits per heavy atom. The highest BCUT2D eigenvalue weighted by Gasteiger charge is 2.45. The first-order chi connectivity index (χ1) is 11.6. The summed E-state index contributed by atoms with van der Waals surface area (Å²) in [7, 11) is 1.81. The van der Waals surface area contributed by atoms with Crippen molar-refractivity contribution in [3.05, 3.63) is 23.7 Å². The number of likely N-dealkylation sites (tertiary alicyclic amines) is 1. The molecule has 3 aliphatic rings.